The Morgan fingerprint density at radius 1 is 1.12 bits per heavy atom. The number of benzene rings is 1. The second-order valence-corrected chi connectivity index (χ2v) is 6.22. The van der Waals surface area contributed by atoms with E-state index in [1.807, 2.05) is 53.2 Å². The fraction of sp³-hybridized carbons (Fsp3) is 0.263. The lowest BCUT2D eigenvalue weighted by Crippen LogP contribution is -2.24. The topological polar surface area (TPSA) is 46.4 Å². The molecule has 0 unspecified atom stereocenters. The maximum atomic E-state index is 12.2. The highest BCUT2D eigenvalue weighted by molar-refractivity contribution is 6.30. The van der Waals surface area contributed by atoms with Crippen molar-refractivity contribution >= 4 is 23.2 Å². The van der Waals surface area contributed by atoms with E-state index in [4.69, 9.17) is 11.6 Å². The quantitative estimate of drug-likeness (QED) is 0.667. The van der Waals surface area contributed by atoms with E-state index in [2.05, 4.69) is 17.2 Å². The van der Waals surface area contributed by atoms with E-state index in [0.717, 1.165) is 36.2 Å². The van der Waals surface area contributed by atoms with Crippen molar-refractivity contribution < 1.29 is 4.79 Å². The van der Waals surface area contributed by atoms with Crippen LogP contribution >= 0.6 is 11.6 Å². The summed E-state index contributed by atoms with van der Waals surface area (Å²) in [5.74, 6) is -0.0465. The Labute approximate surface area is 146 Å². The molecule has 0 aliphatic rings. The third-order valence-electron chi connectivity index (χ3n) is 3.92. The van der Waals surface area contributed by atoms with Gasteiger partial charge in [0.2, 0.25) is 0 Å². The van der Waals surface area contributed by atoms with Crippen LogP contribution in [0.5, 0.6) is 0 Å². The maximum Gasteiger partial charge on any atom is 0.252 e. The number of pyridine rings is 1. The molecule has 1 N–H and O–H groups in total. The van der Waals surface area contributed by atoms with E-state index in [9.17, 15) is 4.79 Å². The van der Waals surface area contributed by atoms with Gasteiger partial charge in [-0.05, 0) is 30.7 Å². The number of fused-ring (bicyclic) bond motifs is 1. The molecule has 0 aliphatic heterocycles. The highest BCUT2D eigenvalue weighted by atomic mass is 35.5. The van der Waals surface area contributed by atoms with Crippen molar-refractivity contribution in [2.45, 2.75) is 26.2 Å². The standard InChI is InChI=1S/C19H20ClN3O/c1-2-3-4-11-21-19(24)15-7-10-18-22-17(13-23(18)12-15)14-5-8-16(20)9-6-14/h5-10,12-13H,2-4,11H2,1H3,(H,21,24). The van der Waals surface area contributed by atoms with Gasteiger partial charge in [-0.2, -0.15) is 0 Å². The molecule has 0 saturated carbocycles. The van der Waals surface area contributed by atoms with E-state index in [1.54, 1.807) is 0 Å². The molecule has 0 fully saturated rings. The molecule has 0 radical (unpaired) electrons. The van der Waals surface area contributed by atoms with Gasteiger partial charge in [0.05, 0.1) is 11.3 Å². The van der Waals surface area contributed by atoms with Crippen molar-refractivity contribution in [1.29, 1.82) is 0 Å². The largest absolute Gasteiger partial charge is 0.352 e. The summed E-state index contributed by atoms with van der Waals surface area (Å²) in [7, 11) is 0. The molecule has 124 valence electrons. The molecule has 2 heterocycles. The molecule has 0 atom stereocenters. The molecule has 2 aromatic heterocycles. The number of imidazole rings is 1. The minimum atomic E-state index is -0.0465. The number of hydrogen-bond acceptors (Lipinski definition) is 2. The van der Waals surface area contributed by atoms with Gasteiger partial charge in [0.1, 0.15) is 5.65 Å². The van der Waals surface area contributed by atoms with Crippen LogP contribution < -0.4 is 5.32 Å². The lowest BCUT2D eigenvalue weighted by Gasteiger charge is -2.05. The molecular weight excluding hydrogens is 322 g/mol. The molecule has 1 amide bonds. The minimum absolute atomic E-state index is 0.0465. The normalized spacial score (nSPS) is 10.9. The Hall–Kier alpha value is -2.33. The number of carbonyl (C=O) groups excluding carboxylic acids is 1. The van der Waals surface area contributed by atoms with Crippen LogP contribution in [0.25, 0.3) is 16.9 Å². The summed E-state index contributed by atoms with van der Waals surface area (Å²) in [6, 6.07) is 11.2. The first-order valence-electron chi connectivity index (χ1n) is 8.20. The molecule has 0 bridgehead atoms. The Morgan fingerprint density at radius 3 is 2.67 bits per heavy atom. The number of carbonyl (C=O) groups is 1. The average molecular weight is 342 g/mol. The van der Waals surface area contributed by atoms with Crippen molar-refractivity contribution in [1.82, 2.24) is 14.7 Å². The lowest BCUT2D eigenvalue weighted by atomic mass is 10.2. The molecule has 24 heavy (non-hydrogen) atoms. The van der Waals surface area contributed by atoms with Gasteiger partial charge in [0.25, 0.3) is 5.91 Å². The molecule has 3 aromatic rings. The summed E-state index contributed by atoms with van der Waals surface area (Å²) < 4.78 is 1.88. The van der Waals surface area contributed by atoms with Gasteiger partial charge in [-0.25, -0.2) is 4.98 Å². The zero-order valence-electron chi connectivity index (χ0n) is 13.6. The van der Waals surface area contributed by atoms with Gasteiger partial charge in [-0.15, -0.1) is 0 Å². The number of nitrogens with one attached hydrogen (secondary N) is 1. The Morgan fingerprint density at radius 2 is 1.92 bits per heavy atom. The number of rotatable bonds is 6. The monoisotopic (exact) mass is 341 g/mol. The first-order valence-corrected chi connectivity index (χ1v) is 8.58. The molecule has 3 rings (SSSR count). The van der Waals surface area contributed by atoms with Crippen LogP contribution in [0, 0.1) is 0 Å². The summed E-state index contributed by atoms with van der Waals surface area (Å²) >= 11 is 5.92. The van der Waals surface area contributed by atoms with Gasteiger partial charge in [0, 0.05) is 29.5 Å². The second-order valence-electron chi connectivity index (χ2n) is 5.78. The minimum Gasteiger partial charge on any atom is -0.352 e. The summed E-state index contributed by atoms with van der Waals surface area (Å²) in [4.78, 5) is 16.8. The molecule has 0 aliphatic carbocycles. The maximum absolute atomic E-state index is 12.2. The number of halogens is 1. The van der Waals surface area contributed by atoms with E-state index >= 15 is 0 Å². The molecule has 0 saturated heterocycles. The molecular formula is C19H20ClN3O. The van der Waals surface area contributed by atoms with Crippen LogP contribution in [0.15, 0.2) is 48.8 Å². The summed E-state index contributed by atoms with van der Waals surface area (Å²) in [6.45, 7) is 2.86. The van der Waals surface area contributed by atoms with Crippen molar-refractivity contribution in [3.63, 3.8) is 0 Å². The first-order chi connectivity index (χ1) is 11.7. The summed E-state index contributed by atoms with van der Waals surface area (Å²) in [5, 5.41) is 3.65. The predicted molar refractivity (Wildman–Crippen MR) is 97.5 cm³/mol. The number of hydrogen-bond donors (Lipinski definition) is 1. The van der Waals surface area contributed by atoms with E-state index < -0.39 is 0 Å². The zero-order chi connectivity index (χ0) is 16.9. The van der Waals surface area contributed by atoms with Crippen LogP contribution in [-0.4, -0.2) is 21.8 Å². The number of nitrogens with zero attached hydrogens (tertiary/aromatic N) is 2. The van der Waals surface area contributed by atoms with Crippen LogP contribution in [-0.2, 0) is 0 Å². The van der Waals surface area contributed by atoms with Gasteiger partial charge >= 0.3 is 0 Å². The second kappa shape index (κ2) is 7.49. The van der Waals surface area contributed by atoms with E-state index in [0.29, 0.717) is 17.1 Å². The van der Waals surface area contributed by atoms with Crippen molar-refractivity contribution in [2.24, 2.45) is 0 Å². The lowest BCUT2D eigenvalue weighted by molar-refractivity contribution is 0.0952. The molecule has 5 heteroatoms. The van der Waals surface area contributed by atoms with Crippen molar-refractivity contribution in [2.75, 3.05) is 6.54 Å². The molecule has 0 spiro atoms. The van der Waals surface area contributed by atoms with Crippen LogP contribution in [0.4, 0.5) is 0 Å². The molecule has 4 nitrogen and oxygen atoms in total. The zero-order valence-corrected chi connectivity index (χ0v) is 14.4. The van der Waals surface area contributed by atoms with Crippen molar-refractivity contribution in [3.05, 3.63) is 59.4 Å². The average Bonchev–Trinajstić information content (AvgIpc) is 3.02. The highest BCUT2D eigenvalue weighted by Crippen LogP contribution is 2.21. The SMILES string of the molecule is CCCCCNC(=O)c1ccc2nc(-c3ccc(Cl)cc3)cn2c1. The number of aromatic nitrogens is 2. The Kier molecular flexibility index (Phi) is 5.16. The third-order valence-corrected chi connectivity index (χ3v) is 4.17. The van der Waals surface area contributed by atoms with Gasteiger partial charge in [0.15, 0.2) is 0 Å². The van der Waals surface area contributed by atoms with Crippen LogP contribution in [0.3, 0.4) is 0 Å². The fourth-order valence-electron chi connectivity index (χ4n) is 2.56. The number of unbranched alkanes of at least 4 members (excludes halogenated alkanes) is 2. The third kappa shape index (κ3) is 3.77. The highest BCUT2D eigenvalue weighted by Gasteiger charge is 2.09. The first kappa shape index (κ1) is 16.5. The predicted octanol–water partition coefficient (Wildman–Crippen LogP) is 4.57. The van der Waals surface area contributed by atoms with Crippen LogP contribution in [0.2, 0.25) is 5.02 Å². The van der Waals surface area contributed by atoms with Gasteiger partial charge < -0.3 is 9.72 Å². The fourth-order valence-corrected chi connectivity index (χ4v) is 2.69. The smallest absolute Gasteiger partial charge is 0.252 e. The summed E-state index contributed by atoms with van der Waals surface area (Å²) in [5.41, 5.74) is 3.29. The Bertz CT molecular complexity index is 839. The van der Waals surface area contributed by atoms with E-state index in [1.165, 1.54) is 0 Å². The Balaban J connectivity index is 1.78. The van der Waals surface area contributed by atoms with Gasteiger partial charge in [-0.1, -0.05) is 43.5 Å². The van der Waals surface area contributed by atoms with Gasteiger partial charge in [-0.3, -0.25) is 4.79 Å². The van der Waals surface area contributed by atoms with Crippen molar-refractivity contribution in [3.8, 4) is 11.3 Å². The summed E-state index contributed by atoms with van der Waals surface area (Å²) in [6.07, 6.45) is 7.02. The molecule has 1 aromatic carbocycles. The van der Waals surface area contributed by atoms with Crippen LogP contribution in [0.1, 0.15) is 36.5 Å². The number of amides is 1. The van der Waals surface area contributed by atoms with E-state index in [-0.39, 0.29) is 5.91 Å².